The Morgan fingerprint density at radius 2 is 1.93 bits per heavy atom. The zero-order chi connectivity index (χ0) is 10.4. The van der Waals surface area contributed by atoms with Gasteiger partial charge in [-0.25, -0.2) is 4.52 Å². The lowest BCUT2D eigenvalue weighted by Gasteiger charge is -1.88. The highest BCUT2D eigenvalue weighted by Crippen LogP contribution is 2.10. The highest BCUT2D eigenvalue weighted by atomic mass is 16.1. The van der Waals surface area contributed by atoms with Crippen molar-refractivity contribution in [1.29, 1.82) is 0 Å². The van der Waals surface area contributed by atoms with Crippen LogP contribution in [0.25, 0.3) is 16.4 Å². The van der Waals surface area contributed by atoms with Gasteiger partial charge in [-0.1, -0.05) is 6.07 Å². The molecule has 0 aliphatic rings. The maximum absolute atomic E-state index is 11.5. The van der Waals surface area contributed by atoms with E-state index in [9.17, 15) is 9.59 Å². The number of nitrogens with one attached hydrogen (secondary N) is 2. The first-order valence-corrected chi connectivity index (χ1v) is 4.35. The molecular weight excluding hydrogens is 196 g/mol. The predicted octanol–water partition coefficient (Wildman–Crippen LogP) is -0.136. The number of fused-ring (bicyclic) bond motifs is 3. The Morgan fingerprint density at radius 3 is 2.80 bits per heavy atom. The van der Waals surface area contributed by atoms with Crippen molar-refractivity contribution in [2.75, 3.05) is 0 Å². The van der Waals surface area contributed by atoms with Crippen molar-refractivity contribution < 1.29 is 0 Å². The Bertz CT molecular complexity index is 765. The van der Waals surface area contributed by atoms with E-state index in [1.807, 2.05) is 0 Å². The summed E-state index contributed by atoms with van der Waals surface area (Å²) in [5.74, 6) is 0. The van der Waals surface area contributed by atoms with E-state index in [1.54, 1.807) is 24.4 Å². The van der Waals surface area contributed by atoms with Crippen LogP contribution in [0.1, 0.15) is 0 Å². The highest BCUT2D eigenvalue weighted by Gasteiger charge is 2.10. The van der Waals surface area contributed by atoms with Crippen LogP contribution >= 0.6 is 0 Å². The molecule has 0 aromatic carbocycles. The number of nitrogens with zero attached hydrogens (tertiary/aromatic N) is 2. The SMILES string of the molecule is O=c1[nH][nH]c(=O)c2c1nn1ccccc21. The van der Waals surface area contributed by atoms with Crippen LogP contribution in [0, 0.1) is 0 Å². The van der Waals surface area contributed by atoms with Gasteiger partial charge in [0, 0.05) is 6.20 Å². The lowest BCUT2D eigenvalue weighted by molar-refractivity contribution is 0.950. The maximum Gasteiger partial charge on any atom is 0.291 e. The Kier molecular flexibility index (Phi) is 1.37. The van der Waals surface area contributed by atoms with Crippen LogP contribution in [0.5, 0.6) is 0 Å². The molecule has 0 unspecified atom stereocenters. The summed E-state index contributed by atoms with van der Waals surface area (Å²) in [6, 6.07) is 5.31. The van der Waals surface area contributed by atoms with Crippen molar-refractivity contribution in [2.24, 2.45) is 0 Å². The molecule has 6 nitrogen and oxygen atoms in total. The van der Waals surface area contributed by atoms with Gasteiger partial charge in [0.1, 0.15) is 5.39 Å². The number of aromatic amines is 2. The number of aromatic nitrogens is 4. The predicted molar refractivity (Wildman–Crippen MR) is 53.9 cm³/mol. The monoisotopic (exact) mass is 202 g/mol. The second kappa shape index (κ2) is 2.57. The smallest absolute Gasteiger partial charge is 0.267 e. The molecule has 3 heterocycles. The topological polar surface area (TPSA) is 83.0 Å². The minimum atomic E-state index is -0.395. The molecule has 0 aliphatic heterocycles. The van der Waals surface area contributed by atoms with Crippen molar-refractivity contribution >= 4 is 16.4 Å². The van der Waals surface area contributed by atoms with Gasteiger partial charge in [-0.05, 0) is 12.1 Å². The van der Waals surface area contributed by atoms with E-state index in [4.69, 9.17) is 0 Å². The first kappa shape index (κ1) is 7.98. The molecule has 0 radical (unpaired) electrons. The number of hydrogen-bond acceptors (Lipinski definition) is 3. The third kappa shape index (κ3) is 0.954. The zero-order valence-corrected chi connectivity index (χ0v) is 7.52. The van der Waals surface area contributed by atoms with Gasteiger partial charge in [-0.2, -0.15) is 5.10 Å². The van der Waals surface area contributed by atoms with Gasteiger partial charge in [0.05, 0.1) is 5.52 Å². The van der Waals surface area contributed by atoms with Crippen molar-refractivity contribution in [3.8, 4) is 0 Å². The molecule has 0 saturated heterocycles. The van der Waals surface area contributed by atoms with Crippen LogP contribution in [0.15, 0.2) is 34.0 Å². The molecule has 3 aromatic heterocycles. The van der Waals surface area contributed by atoms with E-state index >= 15 is 0 Å². The van der Waals surface area contributed by atoms with Crippen LogP contribution in [-0.4, -0.2) is 19.8 Å². The lowest BCUT2D eigenvalue weighted by atomic mass is 10.3. The minimum absolute atomic E-state index is 0.157. The molecule has 0 spiro atoms. The fourth-order valence-corrected chi connectivity index (χ4v) is 1.62. The van der Waals surface area contributed by atoms with Crippen molar-refractivity contribution in [2.45, 2.75) is 0 Å². The second-order valence-electron chi connectivity index (χ2n) is 3.16. The van der Waals surface area contributed by atoms with Crippen molar-refractivity contribution in [1.82, 2.24) is 19.8 Å². The summed E-state index contributed by atoms with van der Waals surface area (Å²) in [7, 11) is 0. The molecule has 2 N–H and O–H groups in total. The van der Waals surface area contributed by atoms with Gasteiger partial charge < -0.3 is 0 Å². The summed E-state index contributed by atoms with van der Waals surface area (Å²) in [5, 5.41) is 8.86. The minimum Gasteiger partial charge on any atom is -0.267 e. The standard InChI is InChI=1S/C9H6N4O2/c14-8-6-5-3-1-2-4-13(5)12-7(6)9(15)11-10-8/h1-4H,(H,10,14)(H,11,15). The lowest BCUT2D eigenvalue weighted by Crippen LogP contribution is -2.18. The van der Waals surface area contributed by atoms with E-state index in [2.05, 4.69) is 15.3 Å². The summed E-state index contributed by atoms with van der Waals surface area (Å²) >= 11 is 0. The summed E-state index contributed by atoms with van der Waals surface area (Å²) in [6.45, 7) is 0. The molecule has 0 atom stereocenters. The van der Waals surface area contributed by atoms with E-state index in [0.717, 1.165) is 0 Å². The van der Waals surface area contributed by atoms with E-state index < -0.39 is 5.56 Å². The summed E-state index contributed by atoms with van der Waals surface area (Å²) in [5.41, 5.74) is 0.0453. The van der Waals surface area contributed by atoms with Gasteiger partial charge in [-0.15, -0.1) is 0 Å². The highest BCUT2D eigenvalue weighted by molar-refractivity contribution is 5.92. The first-order valence-electron chi connectivity index (χ1n) is 4.35. The van der Waals surface area contributed by atoms with Gasteiger partial charge in [-0.3, -0.25) is 19.8 Å². The van der Waals surface area contributed by atoms with E-state index in [-0.39, 0.29) is 11.1 Å². The molecule has 74 valence electrons. The number of pyridine rings is 1. The molecule has 0 amide bonds. The summed E-state index contributed by atoms with van der Waals surface area (Å²) in [4.78, 5) is 22.9. The number of H-pyrrole nitrogens is 2. The first-order chi connectivity index (χ1) is 7.27. The molecule has 3 aromatic rings. The molecule has 0 aliphatic carbocycles. The maximum atomic E-state index is 11.5. The number of rotatable bonds is 0. The van der Waals surface area contributed by atoms with Gasteiger partial charge in [0.15, 0.2) is 5.52 Å². The third-order valence-corrected chi connectivity index (χ3v) is 2.27. The van der Waals surface area contributed by atoms with Crippen LogP contribution < -0.4 is 11.1 Å². The quantitative estimate of drug-likeness (QED) is 0.532. The molecular formula is C9H6N4O2. The fourth-order valence-electron chi connectivity index (χ4n) is 1.62. The van der Waals surface area contributed by atoms with Crippen LogP contribution in [0.4, 0.5) is 0 Å². The average Bonchev–Trinajstić information content (AvgIpc) is 2.64. The normalized spacial score (nSPS) is 11.2. The van der Waals surface area contributed by atoms with Crippen LogP contribution in [0.3, 0.4) is 0 Å². The summed E-state index contributed by atoms with van der Waals surface area (Å²) < 4.78 is 1.51. The van der Waals surface area contributed by atoms with Gasteiger partial charge in [0.2, 0.25) is 0 Å². The van der Waals surface area contributed by atoms with E-state index in [0.29, 0.717) is 10.9 Å². The zero-order valence-electron chi connectivity index (χ0n) is 7.52. The Balaban J connectivity index is 2.79. The van der Waals surface area contributed by atoms with Crippen molar-refractivity contribution in [3.63, 3.8) is 0 Å². The summed E-state index contributed by atoms with van der Waals surface area (Å²) in [6.07, 6.45) is 1.69. The van der Waals surface area contributed by atoms with Crippen LogP contribution in [0.2, 0.25) is 0 Å². The average molecular weight is 202 g/mol. The Labute approximate surface area is 82.2 Å². The number of hydrogen-bond donors (Lipinski definition) is 2. The van der Waals surface area contributed by atoms with Crippen molar-refractivity contribution in [3.05, 3.63) is 45.1 Å². The molecule has 6 heteroatoms. The van der Waals surface area contributed by atoms with Gasteiger partial charge in [0.25, 0.3) is 11.1 Å². The molecule has 0 fully saturated rings. The second-order valence-corrected chi connectivity index (χ2v) is 3.16. The fraction of sp³-hybridized carbons (Fsp3) is 0. The third-order valence-electron chi connectivity index (χ3n) is 2.27. The molecule has 0 saturated carbocycles. The van der Waals surface area contributed by atoms with Crippen LogP contribution in [-0.2, 0) is 0 Å². The van der Waals surface area contributed by atoms with E-state index in [1.165, 1.54) is 4.52 Å². The molecule has 3 rings (SSSR count). The molecule has 15 heavy (non-hydrogen) atoms. The largest absolute Gasteiger partial charge is 0.291 e. The molecule has 0 bridgehead atoms. The Hall–Kier alpha value is -2.37. The van der Waals surface area contributed by atoms with Gasteiger partial charge >= 0.3 is 0 Å². The Morgan fingerprint density at radius 1 is 1.13 bits per heavy atom.